The number of hydrogen-bond acceptors (Lipinski definition) is 7. The first kappa shape index (κ1) is 21.8. The van der Waals surface area contributed by atoms with Gasteiger partial charge in [0.15, 0.2) is 5.13 Å². The van der Waals surface area contributed by atoms with Crippen molar-refractivity contribution < 1.29 is 14.1 Å². The number of carbonyl (C=O) groups excluding carboxylic acids is 2. The van der Waals surface area contributed by atoms with Gasteiger partial charge in [-0.05, 0) is 31.2 Å². The minimum absolute atomic E-state index is 0.120. The number of benzene rings is 2. The van der Waals surface area contributed by atoms with Gasteiger partial charge in [-0.15, -0.1) is 23.1 Å². The molecule has 2 heterocycles. The fraction of sp³-hybridized carbons (Fsp3) is 0.130. The molecule has 2 aromatic heterocycles. The van der Waals surface area contributed by atoms with E-state index in [1.165, 1.54) is 30.0 Å². The lowest BCUT2D eigenvalue weighted by atomic mass is 10.1. The van der Waals surface area contributed by atoms with E-state index >= 15 is 0 Å². The quantitative estimate of drug-likeness (QED) is 0.345. The lowest BCUT2D eigenvalue weighted by Crippen LogP contribution is -2.12. The first-order valence-electron chi connectivity index (χ1n) is 9.77. The summed E-state index contributed by atoms with van der Waals surface area (Å²) in [6.07, 6.45) is 0. The highest BCUT2D eigenvalue weighted by Crippen LogP contribution is 2.29. The van der Waals surface area contributed by atoms with Gasteiger partial charge in [-0.3, -0.25) is 14.9 Å². The lowest BCUT2D eigenvalue weighted by Gasteiger charge is -2.07. The fourth-order valence-corrected chi connectivity index (χ4v) is 4.61. The third-order valence-electron chi connectivity index (χ3n) is 4.40. The summed E-state index contributed by atoms with van der Waals surface area (Å²) in [7, 11) is 0. The molecule has 0 unspecified atom stereocenters. The first-order chi connectivity index (χ1) is 15.5. The van der Waals surface area contributed by atoms with Gasteiger partial charge in [-0.1, -0.05) is 29.4 Å². The molecule has 7 nitrogen and oxygen atoms in total. The number of nitrogens with one attached hydrogen (secondary N) is 2. The fourth-order valence-electron chi connectivity index (χ4n) is 2.97. The third-order valence-corrected chi connectivity index (χ3v) is 6.26. The Morgan fingerprint density at radius 1 is 1.09 bits per heavy atom. The molecule has 0 radical (unpaired) electrons. The molecule has 32 heavy (non-hydrogen) atoms. The Hall–Kier alpha value is -3.43. The van der Waals surface area contributed by atoms with Gasteiger partial charge in [0.25, 0.3) is 5.91 Å². The molecule has 2 N–H and O–H groups in total. The molecular weight excluding hydrogens is 444 g/mol. The average molecular weight is 465 g/mol. The number of amides is 2. The standard InChI is InChI=1S/C23H20N4O3S2/c1-14-11-18(30-27-14)12-31-21-6-4-3-5-19(21)22(29)26-23-25-20(13-32-23)16-7-9-17(10-8-16)24-15(2)28/h3-11,13H,12H2,1-2H3,(H,24,28)(H,25,26,29). The Morgan fingerprint density at radius 3 is 2.59 bits per heavy atom. The van der Waals surface area contributed by atoms with Gasteiger partial charge in [0, 0.05) is 34.5 Å². The van der Waals surface area contributed by atoms with Crippen LogP contribution < -0.4 is 10.6 Å². The van der Waals surface area contributed by atoms with Crippen LogP contribution in [0.25, 0.3) is 11.3 Å². The van der Waals surface area contributed by atoms with Gasteiger partial charge < -0.3 is 9.84 Å². The summed E-state index contributed by atoms with van der Waals surface area (Å²) in [4.78, 5) is 29.5. The van der Waals surface area contributed by atoms with Gasteiger partial charge in [0.05, 0.1) is 22.7 Å². The zero-order valence-corrected chi connectivity index (χ0v) is 19.0. The topological polar surface area (TPSA) is 97.1 Å². The molecule has 9 heteroatoms. The van der Waals surface area contributed by atoms with Gasteiger partial charge >= 0.3 is 0 Å². The van der Waals surface area contributed by atoms with Crippen molar-refractivity contribution in [1.82, 2.24) is 10.1 Å². The van der Waals surface area contributed by atoms with E-state index in [0.717, 1.165) is 33.3 Å². The Kier molecular flexibility index (Phi) is 6.67. The highest BCUT2D eigenvalue weighted by atomic mass is 32.2. The van der Waals surface area contributed by atoms with E-state index in [2.05, 4.69) is 20.8 Å². The number of carbonyl (C=O) groups is 2. The maximum absolute atomic E-state index is 12.9. The van der Waals surface area contributed by atoms with Crippen LogP contribution in [-0.2, 0) is 10.5 Å². The van der Waals surface area contributed by atoms with Crippen molar-refractivity contribution in [3.63, 3.8) is 0 Å². The second-order valence-corrected chi connectivity index (χ2v) is 8.85. The molecular formula is C23H20N4O3S2. The van der Waals surface area contributed by atoms with E-state index in [1.807, 2.05) is 60.8 Å². The number of rotatable bonds is 7. The molecule has 4 rings (SSSR count). The highest BCUT2D eigenvalue weighted by molar-refractivity contribution is 7.98. The van der Waals surface area contributed by atoms with Gasteiger partial charge in [-0.2, -0.15) is 0 Å². The molecule has 0 saturated heterocycles. The van der Waals surface area contributed by atoms with Crippen molar-refractivity contribution >= 4 is 45.7 Å². The second kappa shape index (κ2) is 9.80. The number of aryl methyl sites for hydroxylation is 1. The van der Waals surface area contributed by atoms with E-state index in [1.54, 1.807) is 6.07 Å². The molecule has 4 aromatic rings. The van der Waals surface area contributed by atoms with Crippen LogP contribution in [-0.4, -0.2) is 22.0 Å². The Balaban J connectivity index is 1.43. The maximum atomic E-state index is 12.9. The minimum Gasteiger partial charge on any atom is -0.360 e. The molecule has 0 aliphatic heterocycles. The van der Waals surface area contributed by atoms with E-state index in [4.69, 9.17) is 4.52 Å². The molecule has 0 fully saturated rings. The number of aromatic nitrogens is 2. The Morgan fingerprint density at radius 2 is 1.88 bits per heavy atom. The molecule has 0 spiro atoms. The van der Waals surface area contributed by atoms with Crippen LogP contribution in [0.1, 0.15) is 28.7 Å². The summed E-state index contributed by atoms with van der Waals surface area (Å²) in [6.45, 7) is 3.34. The van der Waals surface area contributed by atoms with Crippen LogP contribution >= 0.6 is 23.1 Å². The van der Waals surface area contributed by atoms with Crippen LogP contribution in [0.3, 0.4) is 0 Å². The summed E-state index contributed by atoms with van der Waals surface area (Å²) in [6, 6.07) is 16.7. The molecule has 0 aliphatic rings. The van der Waals surface area contributed by atoms with Crippen LogP contribution in [0, 0.1) is 6.92 Å². The summed E-state index contributed by atoms with van der Waals surface area (Å²) in [5, 5.41) is 11.9. The van der Waals surface area contributed by atoms with Gasteiger partial charge in [0.1, 0.15) is 5.76 Å². The number of nitrogens with zero attached hydrogens (tertiary/aromatic N) is 2. The number of hydrogen-bond donors (Lipinski definition) is 2. The number of anilines is 2. The molecule has 0 bridgehead atoms. The van der Waals surface area contributed by atoms with Crippen LogP contribution in [0.2, 0.25) is 0 Å². The van der Waals surface area contributed by atoms with Crippen molar-refractivity contribution in [2.75, 3.05) is 10.6 Å². The summed E-state index contributed by atoms with van der Waals surface area (Å²) >= 11 is 2.88. The SMILES string of the molecule is CC(=O)Nc1ccc(-c2csc(NC(=O)c3ccccc3SCc3cc(C)no3)n2)cc1. The van der Waals surface area contributed by atoms with E-state index in [-0.39, 0.29) is 11.8 Å². The summed E-state index contributed by atoms with van der Waals surface area (Å²) in [5.74, 6) is 1.01. The maximum Gasteiger partial charge on any atom is 0.258 e. The van der Waals surface area contributed by atoms with Crippen LogP contribution in [0.4, 0.5) is 10.8 Å². The molecule has 2 aromatic carbocycles. The smallest absolute Gasteiger partial charge is 0.258 e. The normalized spacial score (nSPS) is 10.7. The summed E-state index contributed by atoms with van der Waals surface area (Å²) in [5.41, 5.74) is 3.78. The highest BCUT2D eigenvalue weighted by Gasteiger charge is 2.15. The monoisotopic (exact) mass is 464 g/mol. The Bertz CT molecular complexity index is 1250. The molecule has 2 amide bonds. The van der Waals surface area contributed by atoms with E-state index in [0.29, 0.717) is 16.4 Å². The van der Waals surface area contributed by atoms with Gasteiger partial charge in [0.2, 0.25) is 5.91 Å². The average Bonchev–Trinajstić information content (AvgIpc) is 3.41. The second-order valence-electron chi connectivity index (χ2n) is 6.97. The van der Waals surface area contributed by atoms with Crippen molar-refractivity contribution in [1.29, 1.82) is 0 Å². The molecule has 0 saturated carbocycles. The Labute approximate surface area is 193 Å². The van der Waals surface area contributed by atoms with E-state index < -0.39 is 0 Å². The third kappa shape index (κ3) is 5.43. The van der Waals surface area contributed by atoms with Crippen molar-refractivity contribution in [3.05, 3.63) is 77.0 Å². The minimum atomic E-state index is -0.219. The molecule has 0 atom stereocenters. The number of thiazole rings is 1. The largest absolute Gasteiger partial charge is 0.360 e. The van der Waals surface area contributed by atoms with E-state index in [9.17, 15) is 9.59 Å². The zero-order chi connectivity index (χ0) is 22.5. The van der Waals surface area contributed by atoms with Gasteiger partial charge in [-0.25, -0.2) is 4.98 Å². The van der Waals surface area contributed by atoms with Crippen LogP contribution in [0.15, 0.2) is 69.4 Å². The molecule has 0 aliphatic carbocycles. The number of thioether (sulfide) groups is 1. The molecule has 162 valence electrons. The predicted molar refractivity (Wildman–Crippen MR) is 127 cm³/mol. The first-order valence-corrected chi connectivity index (χ1v) is 11.6. The zero-order valence-electron chi connectivity index (χ0n) is 17.4. The van der Waals surface area contributed by atoms with Crippen molar-refractivity contribution in [2.24, 2.45) is 0 Å². The lowest BCUT2D eigenvalue weighted by molar-refractivity contribution is -0.114. The van der Waals surface area contributed by atoms with Crippen LogP contribution in [0.5, 0.6) is 0 Å². The predicted octanol–water partition coefficient (Wildman–Crippen LogP) is 5.61. The summed E-state index contributed by atoms with van der Waals surface area (Å²) < 4.78 is 5.25. The van der Waals surface area contributed by atoms with Crippen molar-refractivity contribution in [3.8, 4) is 11.3 Å². The van der Waals surface area contributed by atoms with Crippen molar-refractivity contribution in [2.45, 2.75) is 24.5 Å².